The van der Waals surface area contributed by atoms with Crippen LogP contribution in [0.4, 0.5) is 10.2 Å². The van der Waals surface area contributed by atoms with Crippen LogP contribution in [0, 0.1) is 5.95 Å². The van der Waals surface area contributed by atoms with Crippen LogP contribution in [0.2, 0.25) is 0 Å². The van der Waals surface area contributed by atoms with Crippen molar-refractivity contribution in [1.29, 1.82) is 0 Å². The zero-order valence-electron chi connectivity index (χ0n) is 5.47. The van der Waals surface area contributed by atoms with Gasteiger partial charge in [0.2, 0.25) is 5.95 Å². The number of nitrogens with one attached hydrogen (secondary N) is 1. The van der Waals surface area contributed by atoms with E-state index in [0.717, 1.165) is 25.3 Å². The first-order valence-corrected chi connectivity index (χ1v) is 3.33. The van der Waals surface area contributed by atoms with Crippen LogP contribution in [0.15, 0.2) is 6.07 Å². The number of aryl methyl sites for hydroxylation is 1. The third-order valence-electron chi connectivity index (χ3n) is 1.60. The van der Waals surface area contributed by atoms with Crippen LogP contribution in [0.3, 0.4) is 0 Å². The molecule has 10 heavy (non-hydrogen) atoms. The Hall–Kier alpha value is -1.06. The number of aromatic nitrogens is 2. The molecule has 0 amide bonds. The lowest BCUT2D eigenvalue weighted by Gasteiger charge is -2.14. The number of hydrogen-bond donors (Lipinski definition) is 1. The van der Waals surface area contributed by atoms with Gasteiger partial charge in [-0.15, -0.1) is 5.10 Å². The molecule has 1 aromatic heterocycles. The van der Waals surface area contributed by atoms with Crippen LogP contribution in [-0.2, 0) is 6.54 Å². The molecule has 0 unspecified atom stereocenters. The average molecular weight is 141 g/mol. The van der Waals surface area contributed by atoms with E-state index in [9.17, 15) is 4.39 Å². The third-order valence-corrected chi connectivity index (χ3v) is 1.60. The summed E-state index contributed by atoms with van der Waals surface area (Å²) in [5.74, 6) is 0.396. The van der Waals surface area contributed by atoms with Crippen LogP contribution in [0.25, 0.3) is 0 Å². The lowest BCUT2D eigenvalue weighted by Crippen LogP contribution is -2.17. The molecule has 0 spiro atoms. The van der Waals surface area contributed by atoms with Crippen molar-refractivity contribution < 1.29 is 4.39 Å². The predicted octanol–water partition coefficient (Wildman–Crippen LogP) is 0.838. The predicted molar refractivity (Wildman–Crippen MR) is 35.3 cm³/mol. The number of rotatable bonds is 0. The zero-order chi connectivity index (χ0) is 6.97. The molecule has 54 valence electrons. The Morgan fingerprint density at radius 3 is 3.40 bits per heavy atom. The van der Waals surface area contributed by atoms with Crippen LogP contribution in [0.1, 0.15) is 6.42 Å². The van der Waals surface area contributed by atoms with Crippen molar-refractivity contribution >= 4 is 5.82 Å². The molecule has 0 bridgehead atoms. The first-order valence-electron chi connectivity index (χ1n) is 3.33. The van der Waals surface area contributed by atoms with Gasteiger partial charge in [0.1, 0.15) is 5.82 Å². The lowest BCUT2D eigenvalue weighted by atomic mass is 10.3. The van der Waals surface area contributed by atoms with E-state index in [1.165, 1.54) is 6.07 Å². The minimum atomic E-state index is -0.399. The van der Waals surface area contributed by atoms with Gasteiger partial charge in [-0.05, 0) is 6.42 Å². The summed E-state index contributed by atoms with van der Waals surface area (Å²) in [6.07, 6.45) is 1.02. The summed E-state index contributed by atoms with van der Waals surface area (Å²) in [4.78, 5) is 0. The third kappa shape index (κ3) is 0.761. The Kier molecular flexibility index (Phi) is 1.12. The molecule has 0 fully saturated rings. The zero-order valence-corrected chi connectivity index (χ0v) is 5.47. The molecule has 4 heteroatoms. The molecule has 3 nitrogen and oxygen atoms in total. The maximum absolute atomic E-state index is 12.4. The minimum absolute atomic E-state index is 0.399. The highest BCUT2D eigenvalue weighted by atomic mass is 19.1. The molecule has 0 atom stereocenters. The molecular formula is C6H8FN3. The van der Waals surface area contributed by atoms with E-state index in [0.29, 0.717) is 0 Å². The lowest BCUT2D eigenvalue weighted by molar-refractivity contribution is 0.506. The summed E-state index contributed by atoms with van der Waals surface area (Å²) in [6, 6.07) is 1.42. The maximum atomic E-state index is 12.4. The fourth-order valence-electron chi connectivity index (χ4n) is 1.14. The number of anilines is 1. The topological polar surface area (TPSA) is 29.9 Å². The van der Waals surface area contributed by atoms with Gasteiger partial charge < -0.3 is 5.32 Å². The highest BCUT2D eigenvalue weighted by molar-refractivity contribution is 5.35. The fourth-order valence-corrected chi connectivity index (χ4v) is 1.14. The monoisotopic (exact) mass is 141 g/mol. The summed E-state index contributed by atoms with van der Waals surface area (Å²) in [7, 11) is 0. The number of hydrogen-bond acceptors (Lipinski definition) is 2. The molecule has 1 N–H and O–H groups in total. The summed E-state index contributed by atoms with van der Waals surface area (Å²) in [5, 5.41) is 6.68. The van der Waals surface area contributed by atoms with Gasteiger partial charge in [0.15, 0.2) is 0 Å². The van der Waals surface area contributed by atoms with Gasteiger partial charge in [-0.2, -0.15) is 4.39 Å². The summed E-state index contributed by atoms with van der Waals surface area (Å²) < 4.78 is 14.1. The molecule has 0 aliphatic carbocycles. The van der Waals surface area contributed by atoms with Crippen molar-refractivity contribution in [2.75, 3.05) is 11.9 Å². The van der Waals surface area contributed by atoms with Gasteiger partial charge in [0.05, 0.1) is 0 Å². The SMILES string of the molecule is Fc1cc2n(n1)CCCN2. The second kappa shape index (κ2) is 1.97. The maximum Gasteiger partial charge on any atom is 0.234 e. The van der Waals surface area contributed by atoms with E-state index in [1.54, 1.807) is 4.68 Å². The molecule has 1 aliphatic rings. The fraction of sp³-hybridized carbons (Fsp3) is 0.500. The van der Waals surface area contributed by atoms with E-state index < -0.39 is 5.95 Å². The highest BCUT2D eigenvalue weighted by Crippen LogP contribution is 2.13. The molecule has 0 saturated carbocycles. The highest BCUT2D eigenvalue weighted by Gasteiger charge is 2.09. The quantitative estimate of drug-likeness (QED) is 0.580. The van der Waals surface area contributed by atoms with Gasteiger partial charge >= 0.3 is 0 Å². The second-order valence-electron chi connectivity index (χ2n) is 2.36. The van der Waals surface area contributed by atoms with Crippen LogP contribution >= 0.6 is 0 Å². The summed E-state index contributed by atoms with van der Waals surface area (Å²) in [5.41, 5.74) is 0. The van der Waals surface area contributed by atoms with E-state index in [2.05, 4.69) is 10.4 Å². The van der Waals surface area contributed by atoms with E-state index in [-0.39, 0.29) is 0 Å². The van der Waals surface area contributed by atoms with E-state index >= 15 is 0 Å². The van der Waals surface area contributed by atoms with Crippen LogP contribution in [-0.4, -0.2) is 16.3 Å². The van der Waals surface area contributed by atoms with Gasteiger partial charge in [-0.25, -0.2) is 4.68 Å². The Balaban J connectivity index is 2.41. The van der Waals surface area contributed by atoms with Crippen molar-refractivity contribution in [1.82, 2.24) is 9.78 Å². The largest absolute Gasteiger partial charge is 0.370 e. The second-order valence-corrected chi connectivity index (χ2v) is 2.36. The smallest absolute Gasteiger partial charge is 0.234 e. The minimum Gasteiger partial charge on any atom is -0.370 e. The first-order chi connectivity index (χ1) is 4.86. The van der Waals surface area contributed by atoms with Gasteiger partial charge in [-0.1, -0.05) is 0 Å². The van der Waals surface area contributed by atoms with Crippen molar-refractivity contribution in [3.05, 3.63) is 12.0 Å². The Morgan fingerprint density at radius 1 is 1.70 bits per heavy atom. The van der Waals surface area contributed by atoms with E-state index in [4.69, 9.17) is 0 Å². The molecule has 1 aromatic rings. The van der Waals surface area contributed by atoms with Crippen molar-refractivity contribution in [2.24, 2.45) is 0 Å². The van der Waals surface area contributed by atoms with Crippen LogP contribution in [0.5, 0.6) is 0 Å². The molecule has 1 aliphatic heterocycles. The molecule has 0 aromatic carbocycles. The summed E-state index contributed by atoms with van der Waals surface area (Å²) in [6.45, 7) is 1.75. The van der Waals surface area contributed by atoms with Crippen molar-refractivity contribution in [3.8, 4) is 0 Å². The van der Waals surface area contributed by atoms with Crippen molar-refractivity contribution in [3.63, 3.8) is 0 Å². The van der Waals surface area contributed by atoms with Crippen LogP contribution < -0.4 is 5.32 Å². The van der Waals surface area contributed by atoms with Gasteiger partial charge in [0.25, 0.3) is 0 Å². The van der Waals surface area contributed by atoms with Gasteiger partial charge in [-0.3, -0.25) is 0 Å². The molecule has 0 radical (unpaired) electrons. The van der Waals surface area contributed by atoms with E-state index in [1.807, 2.05) is 0 Å². The number of halogens is 1. The standard InChI is InChI=1S/C6H8FN3/c7-5-4-6-8-2-1-3-10(6)9-5/h4,8H,1-3H2. The molecule has 2 heterocycles. The molecule has 0 saturated heterocycles. The Labute approximate surface area is 57.8 Å². The number of nitrogens with zero attached hydrogens (tertiary/aromatic N) is 2. The average Bonchev–Trinajstić information content (AvgIpc) is 2.27. The Bertz CT molecular complexity index is 220. The first kappa shape index (κ1) is 5.70. The van der Waals surface area contributed by atoms with Gasteiger partial charge in [0, 0.05) is 19.2 Å². The normalized spacial score (nSPS) is 16.1. The number of fused-ring (bicyclic) bond motifs is 1. The molecular weight excluding hydrogens is 133 g/mol. The van der Waals surface area contributed by atoms with Crippen molar-refractivity contribution in [2.45, 2.75) is 13.0 Å². The molecule has 2 rings (SSSR count). The Morgan fingerprint density at radius 2 is 2.60 bits per heavy atom. The summed E-state index contributed by atoms with van der Waals surface area (Å²) >= 11 is 0.